The lowest BCUT2D eigenvalue weighted by molar-refractivity contribution is -0.115. The highest BCUT2D eigenvalue weighted by molar-refractivity contribution is 8.00. The highest BCUT2D eigenvalue weighted by Gasteiger charge is 2.20. The Kier molecular flexibility index (Phi) is 4.92. The third kappa shape index (κ3) is 3.47. The first-order chi connectivity index (χ1) is 11.6. The van der Waals surface area contributed by atoms with Gasteiger partial charge in [0.05, 0.1) is 22.2 Å². The number of carbonyl (C=O) groups is 1. The van der Waals surface area contributed by atoms with E-state index in [1.54, 1.807) is 36.0 Å². The number of carbonyl (C=O) groups excluding carboxylic acids is 1. The monoisotopic (exact) mass is 362 g/mol. The van der Waals surface area contributed by atoms with E-state index in [9.17, 15) is 4.79 Å². The lowest BCUT2D eigenvalue weighted by Crippen LogP contribution is -2.23. The quantitative estimate of drug-likeness (QED) is 0.698. The van der Waals surface area contributed by atoms with Gasteiger partial charge in [-0.05, 0) is 31.2 Å². The summed E-state index contributed by atoms with van der Waals surface area (Å²) in [6.07, 6.45) is 1.58. The Morgan fingerprint density at radius 3 is 2.79 bits per heavy atom. The van der Waals surface area contributed by atoms with Crippen molar-refractivity contribution in [2.75, 3.05) is 5.32 Å². The van der Waals surface area contributed by atoms with E-state index in [0.29, 0.717) is 27.5 Å². The van der Waals surface area contributed by atoms with Crippen LogP contribution in [0.3, 0.4) is 0 Å². The summed E-state index contributed by atoms with van der Waals surface area (Å²) in [6, 6.07) is 10.7. The van der Waals surface area contributed by atoms with Gasteiger partial charge in [0, 0.05) is 7.05 Å². The molecule has 124 valence electrons. The Labute approximate surface area is 148 Å². The topological polar surface area (TPSA) is 73.0 Å². The SMILES string of the molecule is C[C@H](Sc1nnc(-c2ccco2)n1C)C(=O)Nc1ccccc1Cl. The van der Waals surface area contributed by atoms with Gasteiger partial charge in [-0.1, -0.05) is 35.5 Å². The van der Waals surface area contributed by atoms with E-state index in [4.69, 9.17) is 16.0 Å². The second-order valence-electron chi connectivity index (χ2n) is 5.07. The Morgan fingerprint density at radius 1 is 1.29 bits per heavy atom. The fourth-order valence-corrected chi connectivity index (χ4v) is 3.04. The number of furan rings is 1. The van der Waals surface area contributed by atoms with E-state index < -0.39 is 0 Å². The first-order valence-corrected chi connectivity index (χ1v) is 8.47. The molecular formula is C16H15ClN4O2S. The summed E-state index contributed by atoms with van der Waals surface area (Å²) in [5.74, 6) is 1.09. The molecule has 2 aromatic heterocycles. The average Bonchev–Trinajstić information content (AvgIpc) is 3.20. The summed E-state index contributed by atoms with van der Waals surface area (Å²) in [6.45, 7) is 1.80. The molecule has 6 nitrogen and oxygen atoms in total. The second-order valence-corrected chi connectivity index (χ2v) is 6.79. The number of nitrogens with zero attached hydrogens (tertiary/aromatic N) is 3. The molecule has 0 saturated heterocycles. The molecule has 0 saturated carbocycles. The molecule has 3 aromatic rings. The molecule has 2 heterocycles. The standard InChI is InChI=1S/C16H15ClN4O2S/c1-10(15(22)18-12-7-4-3-6-11(12)17)24-16-20-19-14(21(16)2)13-8-5-9-23-13/h3-10H,1-2H3,(H,18,22)/t10-/m0/s1. The minimum atomic E-state index is -0.367. The molecule has 1 N–H and O–H groups in total. The number of aromatic nitrogens is 3. The Bertz CT molecular complexity index is 848. The van der Waals surface area contributed by atoms with Crippen molar-refractivity contribution in [2.45, 2.75) is 17.3 Å². The fourth-order valence-electron chi connectivity index (χ4n) is 2.05. The molecule has 0 bridgehead atoms. The van der Waals surface area contributed by atoms with Crippen LogP contribution in [0.5, 0.6) is 0 Å². The van der Waals surface area contributed by atoms with Crippen molar-refractivity contribution < 1.29 is 9.21 Å². The summed E-state index contributed by atoms with van der Waals surface area (Å²) < 4.78 is 7.13. The van der Waals surface area contributed by atoms with E-state index in [2.05, 4.69) is 15.5 Å². The van der Waals surface area contributed by atoms with Crippen LogP contribution in [0.15, 0.2) is 52.2 Å². The van der Waals surface area contributed by atoms with Crippen LogP contribution >= 0.6 is 23.4 Å². The van der Waals surface area contributed by atoms with E-state index >= 15 is 0 Å². The lowest BCUT2D eigenvalue weighted by Gasteiger charge is -2.12. The Hall–Kier alpha value is -2.25. The third-order valence-electron chi connectivity index (χ3n) is 3.36. The molecule has 0 aliphatic heterocycles. The largest absolute Gasteiger partial charge is 0.461 e. The van der Waals surface area contributed by atoms with Crippen LogP contribution in [-0.2, 0) is 11.8 Å². The number of benzene rings is 1. The van der Waals surface area contributed by atoms with Crippen molar-refractivity contribution in [3.63, 3.8) is 0 Å². The fraction of sp³-hybridized carbons (Fsp3) is 0.188. The van der Waals surface area contributed by atoms with E-state index in [1.165, 1.54) is 11.8 Å². The van der Waals surface area contributed by atoms with Gasteiger partial charge in [-0.2, -0.15) is 0 Å². The van der Waals surface area contributed by atoms with Gasteiger partial charge in [0.25, 0.3) is 0 Å². The van der Waals surface area contributed by atoms with Gasteiger partial charge >= 0.3 is 0 Å². The first-order valence-electron chi connectivity index (χ1n) is 7.21. The van der Waals surface area contributed by atoms with Crippen LogP contribution in [0.1, 0.15) is 6.92 Å². The van der Waals surface area contributed by atoms with Crippen LogP contribution in [0.4, 0.5) is 5.69 Å². The number of halogens is 1. The lowest BCUT2D eigenvalue weighted by atomic mass is 10.3. The molecule has 0 fully saturated rings. The summed E-state index contributed by atoms with van der Waals surface area (Å²) in [5.41, 5.74) is 0.589. The van der Waals surface area contributed by atoms with Crippen molar-refractivity contribution in [3.8, 4) is 11.6 Å². The summed E-state index contributed by atoms with van der Waals surface area (Å²) in [4.78, 5) is 12.3. The highest BCUT2D eigenvalue weighted by Crippen LogP contribution is 2.27. The van der Waals surface area contributed by atoms with Crippen molar-refractivity contribution >= 4 is 35.0 Å². The molecule has 0 unspecified atom stereocenters. The van der Waals surface area contributed by atoms with Crippen LogP contribution in [0, 0.1) is 0 Å². The summed E-state index contributed by atoms with van der Waals surface area (Å²) in [7, 11) is 1.83. The van der Waals surface area contributed by atoms with Crippen molar-refractivity contribution in [2.24, 2.45) is 7.05 Å². The van der Waals surface area contributed by atoms with Crippen LogP contribution < -0.4 is 5.32 Å². The maximum Gasteiger partial charge on any atom is 0.237 e. The van der Waals surface area contributed by atoms with Crippen LogP contribution in [-0.4, -0.2) is 25.9 Å². The normalized spacial score (nSPS) is 12.1. The molecule has 8 heteroatoms. The van der Waals surface area contributed by atoms with Gasteiger partial charge in [0.1, 0.15) is 0 Å². The molecule has 24 heavy (non-hydrogen) atoms. The van der Waals surface area contributed by atoms with E-state index in [0.717, 1.165) is 0 Å². The van der Waals surface area contributed by atoms with Crippen LogP contribution in [0.2, 0.25) is 5.02 Å². The van der Waals surface area contributed by atoms with E-state index in [-0.39, 0.29) is 11.2 Å². The number of rotatable bonds is 5. The molecule has 0 aliphatic rings. The zero-order valence-electron chi connectivity index (χ0n) is 13.1. The first kappa shape index (κ1) is 16.6. The molecule has 1 atom stereocenters. The predicted octanol–water partition coefficient (Wildman–Crippen LogP) is 3.85. The number of nitrogens with one attached hydrogen (secondary N) is 1. The number of anilines is 1. The molecule has 3 rings (SSSR count). The molecule has 0 aliphatic carbocycles. The maximum atomic E-state index is 12.3. The van der Waals surface area contributed by atoms with Gasteiger partial charge < -0.3 is 14.3 Å². The predicted molar refractivity (Wildman–Crippen MR) is 94.1 cm³/mol. The summed E-state index contributed by atoms with van der Waals surface area (Å²) in [5, 5.41) is 11.8. The van der Waals surface area contributed by atoms with Gasteiger partial charge in [-0.25, -0.2) is 0 Å². The minimum Gasteiger partial charge on any atom is -0.461 e. The molecule has 1 aromatic carbocycles. The number of thioether (sulfide) groups is 1. The van der Waals surface area contributed by atoms with Gasteiger partial charge in [-0.3, -0.25) is 4.79 Å². The molecule has 0 spiro atoms. The average molecular weight is 363 g/mol. The molecule has 1 amide bonds. The van der Waals surface area contributed by atoms with Crippen molar-refractivity contribution in [3.05, 3.63) is 47.7 Å². The highest BCUT2D eigenvalue weighted by atomic mass is 35.5. The van der Waals surface area contributed by atoms with Gasteiger partial charge in [0.2, 0.25) is 5.91 Å². The van der Waals surface area contributed by atoms with Crippen molar-refractivity contribution in [1.29, 1.82) is 0 Å². The van der Waals surface area contributed by atoms with Gasteiger partial charge in [-0.15, -0.1) is 10.2 Å². The second kappa shape index (κ2) is 7.11. The van der Waals surface area contributed by atoms with Gasteiger partial charge in [0.15, 0.2) is 16.7 Å². The molecular weight excluding hydrogens is 348 g/mol. The Morgan fingerprint density at radius 2 is 2.08 bits per heavy atom. The number of amides is 1. The third-order valence-corrected chi connectivity index (χ3v) is 4.82. The number of hydrogen-bond donors (Lipinski definition) is 1. The number of hydrogen-bond acceptors (Lipinski definition) is 5. The summed E-state index contributed by atoms with van der Waals surface area (Å²) >= 11 is 7.37. The zero-order chi connectivity index (χ0) is 17.1. The van der Waals surface area contributed by atoms with Crippen LogP contribution in [0.25, 0.3) is 11.6 Å². The van der Waals surface area contributed by atoms with Crippen molar-refractivity contribution in [1.82, 2.24) is 14.8 Å². The minimum absolute atomic E-state index is 0.157. The maximum absolute atomic E-state index is 12.3. The smallest absolute Gasteiger partial charge is 0.237 e. The molecule has 0 radical (unpaired) electrons. The zero-order valence-corrected chi connectivity index (χ0v) is 14.6. The van der Waals surface area contributed by atoms with E-state index in [1.807, 2.05) is 25.2 Å². The number of para-hydroxylation sites is 1. The Balaban J connectivity index is 1.70.